The van der Waals surface area contributed by atoms with Crippen LogP contribution in [-0.4, -0.2) is 11.7 Å². The van der Waals surface area contributed by atoms with Gasteiger partial charge in [-0.15, -0.1) is 0 Å². The van der Waals surface area contributed by atoms with Gasteiger partial charge < -0.3 is 5.11 Å². The molecule has 19 heavy (non-hydrogen) atoms. The van der Waals surface area contributed by atoms with E-state index in [1.165, 1.54) is 16.7 Å². The minimum absolute atomic E-state index is 0.268. The molecule has 2 rings (SSSR count). The number of aliphatic hydroxyl groups is 1. The highest BCUT2D eigenvalue weighted by molar-refractivity contribution is 6.30. The van der Waals surface area contributed by atoms with Gasteiger partial charge in [0.25, 0.3) is 0 Å². The van der Waals surface area contributed by atoms with Crippen molar-refractivity contribution in [2.24, 2.45) is 5.92 Å². The molecule has 0 saturated carbocycles. The molecule has 100 valence electrons. The summed E-state index contributed by atoms with van der Waals surface area (Å²) in [5, 5.41) is 9.68. The first kappa shape index (κ1) is 14.1. The number of hydrogen-bond acceptors (Lipinski definition) is 1. The third-order valence-electron chi connectivity index (χ3n) is 3.34. The first-order valence-electron chi connectivity index (χ1n) is 6.65. The average molecular weight is 275 g/mol. The van der Waals surface area contributed by atoms with E-state index in [0.717, 1.165) is 17.9 Å². The van der Waals surface area contributed by atoms with Gasteiger partial charge in [-0.3, -0.25) is 0 Å². The predicted molar refractivity (Wildman–Crippen MR) is 81.5 cm³/mol. The van der Waals surface area contributed by atoms with Gasteiger partial charge >= 0.3 is 0 Å². The molecule has 0 unspecified atom stereocenters. The second-order valence-corrected chi connectivity index (χ2v) is 5.46. The van der Waals surface area contributed by atoms with Gasteiger partial charge in [0, 0.05) is 11.6 Å². The van der Waals surface area contributed by atoms with Gasteiger partial charge in [-0.1, -0.05) is 54.9 Å². The largest absolute Gasteiger partial charge is 0.396 e. The molecular weight excluding hydrogens is 256 g/mol. The molecule has 2 aromatic carbocycles. The van der Waals surface area contributed by atoms with Crippen LogP contribution in [0.3, 0.4) is 0 Å². The lowest BCUT2D eigenvalue weighted by Gasteiger charge is -2.10. The quantitative estimate of drug-likeness (QED) is 0.847. The lowest BCUT2D eigenvalue weighted by Crippen LogP contribution is -2.02. The maximum Gasteiger partial charge on any atom is 0.0433 e. The van der Waals surface area contributed by atoms with E-state index in [-0.39, 0.29) is 6.61 Å². The maximum atomic E-state index is 8.92. The highest BCUT2D eigenvalue weighted by Crippen LogP contribution is 2.22. The Morgan fingerprint density at radius 1 is 0.947 bits per heavy atom. The lowest BCUT2D eigenvalue weighted by atomic mass is 9.96. The van der Waals surface area contributed by atoms with Crippen molar-refractivity contribution < 1.29 is 5.11 Å². The monoisotopic (exact) mass is 274 g/mol. The molecule has 0 spiro atoms. The first-order chi connectivity index (χ1) is 9.19. The number of benzene rings is 2. The molecule has 1 nitrogen and oxygen atoms in total. The Hall–Kier alpha value is -1.31. The van der Waals surface area contributed by atoms with Crippen LogP contribution < -0.4 is 0 Å². The zero-order chi connectivity index (χ0) is 13.7. The van der Waals surface area contributed by atoms with Gasteiger partial charge in [-0.2, -0.15) is 0 Å². The fourth-order valence-corrected chi connectivity index (χ4v) is 2.33. The van der Waals surface area contributed by atoms with Gasteiger partial charge in [0.15, 0.2) is 0 Å². The highest BCUT2D eigenvalue weighted by Gasteiger charge is 2.04. The molecule has 0 aliphatic heterocycles. The Morgan fingerprint density at radius 2 is 1.47 bits per heavy atom. The van der Waals surface area contributed by atoms with E-state index >= 15 is 0 Å². The van der Waals surface area contributed by atoms with Crippen LogP contribution in [0, 0.1) is 5.92 Å². The molecule has 1 N–H and O–H groups in total. The summed E-state index contributed by atoms with van der Waals surface area (Å²) in [5.41, 5.74) is 3.70. The summed E-state index contributed by atoms with van der Waals surface area (Å²) in [6, 6.07) is 16.5. The molecule has 0 saturated heterocycles. The summed E-state index contributed by atoms with van der Waals surface area (Å²) >= 11 is 5.89. The molecule has 0 heterocycles. The van der Waals surface area contributed by atoms with Crippen LogP contribution in [0.25, 0.3) is 11.1 Å². The summed E-state index contributed by atoms with van der Waals surface area (Å²) in [4.78, 5) is 0. The fourth-order valence-electron chi connectivity index (χ4n) is 2.20. The summed E-state index contributed by atoms with van der Waals surface area (Å²) < 4.78 is 0. The van der Waals surface area contributed by atoms with Crippen LogP contribution in [-0.2, 0) is 6.42 Å². The summed E-state index contributed by atoms with van der Waals surface area (Å²) in [5.74, 6) is 0.520. The third-order valence-corrected chi connectivity index (χ3v) is 3.59. The molecular formula is C17H19ClO. The van der Waals surface area contributed by atoms with Crippen molar-refractivity contribution in [2.75, 3.05) is 6.61 Å². The molecule has 2 heteroatoms. The van der Waals surface area contributed by atoms with E-state index < -0.39 is 0 Å². The Kier molecular flexibility index (Phi) is 5.00. The summed E-state index contributed by atoms with van der Waals surface area (Å²) in [6.07, 6.45) is 1.88. The normalized spacial score (nSPS) is 12.4. The summed E-state index contributed by atoms with van der Waals surface area (Å²) in [7, 11) is 0. The minimum atomic E-state index is 0.268. The van der Waals surface area contributed by atoms with Crippen LogP contribution in [0.1, 0.15) is 18.9 Å². The van der Waals surface area contributed by atoms with Crippen LogP contribution in [0.4, 0.5) is 0 Å². The van der Waals surface area contributed by atoms with E-state index in [0.29, 0.717) is 5.92 Å². The second kappa shape index (κ2) is 6.74. The fraction of sp³-hybridized carbons (Fsp3) is 0.294. The SMILES string of the molecule is C[C@H](CCO)Cc1ccc(-c2ccc(Cl)cc2)cc1. The molecule has 0 aliphatic carbocycles. The standard InChI is InChI=1S/C17H19ClO/c1-13(10-11-19)12-14-2-4-15(5-3-14)16-6-8-17(18)9-7-16/h2-9,13,19H,10-12H2,1H3/t13-/m1/s1. The molecule has 0 bridgehead atoms. The van der Waals surface area contributed by atoms with Gasteiger partial charge in [0.05, 0.1) is 0 Å². The van der Waals surface area contributed by atoms with Gasteiger partial charge in [0.1, 0.15) is 0 Å². The van der Waals surface area contributed by atoms with Crippen LogP contribution in [0.2, 0.25) is 5.02 Å². The van der Waals surface area contributed by atoms with Crippen molar-refractivity contribution in [3.05, 3.63) is 59.1 Å². The average Bonchev–Trinajstić information content (AvgIpc) is 2.41. The Morgan fingerprint density at radius 3 is 2.00 bits per heavy atom. The molecule has 0 radical (unpaired) electrons. The molecule has 0 fully saturated rings. The first-order valence-corrected chi connectivity index (χ1v) is 7.02. The van der Waals surface area contributed by atoms with Crippen molar-refractivity contribution in [1.82, 2.24) is 0 Å². The summed E-state index contributed by atoms with van der Waals surface area (Å²) in [6.45, 7) is 2.44. The van der Waals surface area contributed by atoms with E-state index in [1.54, 1.807) is 0 Å². The highest BCUT2D eigenvalue weighted by atomic mass is 35.5. The second-order valence-electron chi connectivity index (χ2n) is 5.03. The van der Waals surface area contributed by atoms with Crippen LogP contribution in [0.15, 0.2) is 48.5 Å². The molecule has 2 aromatic rings. The van der Waals surface area contributed by atoms with Gasteiger partial charge in [-0.05, 0) is 47.6 Å². The van der Waals surface area contributed by atoms with Crippen LogP contribution in [0.5, 0.6) is 0 Å². The van der Waals surface area contributed by atoms with E-state index in [2.05, 4.69) is 31.2 Å². The predicted octanol–water partition coefficient (Wildman–Crippen LogP) is 4.57. The third kappa shape index (κ3) is 4.09. The van der Waals surface area contributed by atoms with E-state index in [9.17, 15) is 0 Å². The van der Waals surface area contributed by atoms with Crippen molar-refractivity contribution in [2.45, 2.75) is 19.8 Å². The number of aliphatic hydroxyl groups excluding tert-OH is 1. The van der Waals surface area contributed by atoms with Gasteiger partial charge in [-0.25, -0.2) is 0 Å². The topological polar surface area (TPSA) is 20.2 Å². The van der Waals surface area contributed by atoms with Crippen LogP contribution >= 0.6 is 11.6 Å². The zero-order valence-electron chi connectivity index (χ0n) is 11.1. The van der Waals surface area contributed by atoms with E-state index in [1.807, 2.05) is 24.3 Å². The van der Waals surface area contributed by atoms with Crippen molar-refractivity contribution in [3.8, 4) is 11.1 Å². The zero-order valence-corrected chi connectivity index (χ0v) is 11.9. The molecule has 0 aliphatic rings. The Bertz CT molecular complexity index is 502. The minimum Gasteiger partial charge on any atom is -0.396 e. The van der Waals surface area contributed by atoms with E-state index in [4.69, 9.17) is 16.7 Å². The van der Waals surface area contributed by atoms with Crippen molar-refractivity contribution in [1.29, 1.82) is 0 Å². The Balaban J connectivity index is 2.08. The number of rotatable bonds is 5. The Labute approximate surface area is 119 Å². The molecule has 1 atom stereocenters. The van der Waals surface area contributed by atoms with Crippen molar-refractivity contribution in [3.63, 3.8) is 0 Å². The molecule has 0 amide bonds. The molecule has 0 aromatic heterocycles. The lowest BCUT2D eigenvalue weighted by molar-refractivity contribution is 0.262. The number of halogens is 1. The van der Waals surface area contributed by atoms with Crippen molar-refractivity contribution >= 4 is 11.6 Å². The maximum absolute atomic E-state index is 8.92. The number of hydrogen-bond donors (Lipinski definition) is 1. The van der Waals surface area contributed by atoms with Gasteiger partial charge in [0.2, 0.25) is 0 Å². The smallest absolute Gasteiger partial charge is 0.0433 e.